The number of ether oxygens (including phenoxy) is 2. The van der Waals surface area contributed by atoms with Crippen LogP contribution in [0.4, 0.5) is 4.39 Å². The topological polar surface area (TPSA) is 52.6 Å². The fourth-order valence-corrected chi connectivity index (χ4v) is 4.39. The number of halogens is 1. The molecule has 0 fully saturated rings. The van der Waals surface area contributed by atoms with E-state index in [4.69, 9.17) is 9.47 Å². The van der Waals surface area contributed by atoms with Gasteiger partial charge in [-0.3, -0.25) is 4.79 Å². The smallest absolute Gasteiger partial charge is 0.348 e. The Balaban J connectivity index is 2.02. The predicted octanol–water partition coefficient (Wildman–Crippen LogP) is 5.62. The SMILES string of the molecule is COC(=O)c1scc(-c2ccccc2)c1-c1ccc(SCOC(C)=O)c(F)c1. The molecule has 7 heteroatoms. The lowest BCUT2D eigenvalue weighted by Gasteiger charge is -2.10. The van der Waals surface area contributed by atoms with Crippen molar-refractivity contribution in [2.75, 3.05) is 13.0 Å². The first-order valence-electron chi connectivity index (χ1n) is 8.32. The molecule has 0 unspecified atom stereocenters. The summed E-state index contributed by atoms with van der Waals surface area (Å²) in [6.07, 6.45) is 0. The van der Waals surface area contributed by atoms with Gasteiger partial charge in [0, 0.05) is 28.3 Å². The lowest BCUT2D eigenvalue weighted by Crippen LogP contribution is -2.01. The number of carbonyl (C=O) groups is 2. The van der Waals surface area contributed by atoms with Gasteiger partial charge in [0.05, 0.1) is 7.11 Å². The van der Waals surface area contributed by atoms with Crippen molar-refractivity contribution in [2.45, 2.75) is 11.8 Å². The van der Waals surface area contributed by atoms with E-state index in [1.54, 1.807) is 12.1 Å². The first-order chi connectivity index (χ1) is 13.5. The Morgan fingerprint density at radius 2 is 1.86 bits per heavy atom. The van der Waals surface area contributed by atoms with Crippen molar-refractivity contribution in [3.63, 3.8) is 0 Å². The zero-order chi connectivity index (χ0) is 20.1. The Morgan fingerprint density at radius 1 is 1.11 bits per heavy atom. The molecule has 0 radical (unpaired) electrons. The molecule has 0 aliphatic carbocycles. The van der Waals surface area contributed by atoms with Gasteiger partial charge < -0.3 is 9.47 Å². The number of rotatable bonds is 6. The van der Waals surface area contributed by atoms with E-state index in [1.165, 1.54) is 31.4 Å². The molecule has 0 saturated heterocycles. The Hall–Kier alpha value is -2.64. The molecule has 144 valence electrons. The summed E-state index contributed by atoms with van der Waals surface area (Å²) >= 11 is 2.36. The Kier molecular flexibility index (Phi) is 6.49. The predicted molar refractivity (Wildman–Crippen MR) is 109 cm³/mol. The van der Waals surface area contributed by atoms with E-state index in [9.17, 15) is 14.0 Å². The molecule has 0 saturated carbocycles. The Bertz CT molecular complexity index is 999. The van der Waals surface area contributed by atoms with E-state index < -0.39 is 17.8 Å². The Morgan fingerprint density at radius 3 is 2.50 bits per heavy atom. The monoisotopic (exact) mass is 416 g/mol. The highest BCUT2D eigenvalue weighted by atomic mass is 32.2. The first kappa shape index (κ1) is 20.1. The lowest BCUT2D eigenvalue weighted by molar-refractivity contribution is -0.138. The van der Waals surface area contributed by atoms with Crippen LogP contribution < -0.4 is 0 Å². The highest BCUT2D eigenvalue weighted by Crippen LogP contribution is 2.40. The van der Waals surface area contributed by atoms with E-state index in [-0.39, 0.29) is 5.94 Å². The minimum absolute atomic E-state index is 0.0345. The van der Waals surface area contributed by atoms with Gasteiger partial charge in [-0.1, -0.05) is 48.2 Å². The third-order valence-corrected chi connectivity index (χ3v) is 5.78. The molecule has 0 spiro atoms. The largest absolute Gasteiger partial charge is 0.465 e. The second-order valence-corrected chi connectivity index (χ2v) is 7.60. The number of methoxy groups -OCH3 is 1. The number of carbonyl (C=O) groups excluding carboxylic acids is 2. The van der Waals surface area contributed by atoms with Crippen LogP contribution >= 0.6 is 23.1 Å². The molecule has 0 aliphatic heterocycles. The number of esters is 2. The summed E-state index contributed by atoms with van der Waals surface area (Å²) in [7, 11) is 1.32. The number of benzene rings is 2. The third-order valence-electron chi connectivity index (χ3n) is 3.94. The highest BCUT2D eigenvalue weighted by molar-refractivity contribution is 7.99. The van der Waals surface area contributed by atoms with Crippen molar-refractivity contribution in [1.82, 2.24) is 0 Å². The zero-order valence-corrected chi connectivity index (χ0v) is 16.9. The summed E-state index contributed by atoms with van der Waals surface area (Å²) in [6, 6.07) is 14.3. The molecule has 2 aromatic carbocycles. The van der Waals surface area contributed by atoms with Crippen molar-refractivity contribution in [3.05, 3.63) is 64.6 Å². The minimum atomic E-state index is -0.462. The number of thiophene rings is 1. The van der Waals surface area contributed by atoms with Gasteiger partial charge >= 0.3 is 11.9 Å². The molecule has 3 rings (SSSR count). The summed E-state index contributed by atoms with van der Waals surface area (Å²) in [6.45, 7) is 1.30. The van der Waals surface area contributed by atoms with Crippen LogP contribution in [0.15, 0.2) is 58.8 Å². The molecule has 0 aliphatic rings. The lowest BCUT2D eigenvalue weighted by atomic mass is 9.97. The average Bonchev–Trinajstić information content (AvgIpc) is 3.14. The molecule has 0 bridgehead atoms. The van der Waals surface area contributed by atoms with Gasteiger partial charge in [-0.15, -0.1) is 11.3 Å². The van der Waals surface area contributed by atoms with Gasteiger partial charge in [0.2, 0.25) is 0 Å². The second-order valence-electron chi connectivity index (χ2n) is 5.75. The maximum Gasteiger partial charge on any atom is 0.348 e. The summed E-state index contributed by atoms with van der Waals surface area (Å²) in [5.41, 5.74) is 2.98. The summed E-state index contributed by atoms with van der Waals surface area (Å²) in [5.74, 6) is -1.29. The van der Waals surface area contributed by atoms with Crippen molar-refractivity contribution in [1.29, 1.82) is 0 Å². The van der Waals surface area contributed by atoms with E-state index in [0.29, 0.717) is 20.9 Å². The van der Waals surface area contributed by atoms with Crippen LogP contribution in [0.1, 0.15) is 16.6 Å². The van der Waals surface area contributed by atoms with Gasteiger partial charge in [-0.2, -0.15) is 0 Å². The molecule has 3 aromatic rings. The standard InChI is InChI=1S/C21H17FO4S2/c1-13(23)26-12-28-18-9-8-15(10-17(18)22)19-16(14-6-4-3-5-7-14)11-27-20(19)21(24)25-2/h3-11H,12H2,1-2H3. The fraction of sp³-hybridized carbons (Fsp3) is 0.143. The fourth-order valence-electron chi connectivity index (χ4n) is 2.67. The average molecular weight is 416 g/mol. The van der Waals surface area contributed by atoms with Crippen LogP contribution in [0.2, 0.25) is 0 Å². The highest BCUT2D eigenvalue weighted by Gasteiger charge is 2.22. The second kappa shape index (κ2) is 9.03. The quantitative estimate of drug-likeness (QED) is 0.297. The first-order valence-corrected chi connectivity index (χ1v) is 10.2. The van der Waals surface area contributed by atoms with Gasteiger partial charge in [-0.25, -0.2) is 9.18 Å². The number of thioether (sulfide) groups is 1. The van der Waals surface area contributed by atoms with Crippen LogP contribution in [-0.4, -0.2) is 25.0 Å². The van der Waals surface area contributed by atoms with E-state index in [1.807, 2.05) is 35.7 Å². The molecule has 1 heterocycles. The molecule has 28 heavy (non-hydrogen) atoms. The minimum Gasteiger partial charge on any atom is -0.465 e. The van der Waals surface area contributed by atoms with E-state index in [0.717, 1.165) is 22.9 Å². The van der Waals surface area contributed by atoms with Crippen molar-refractivity contribution >= 4 is 35.0 Å². The normalized spacial score (nSPS) is 10.5. The molecular weight excluding hydrogens is 399 g/mol. The van der Waals surface area contributed by atoms with Crippen LogP contribution in [0.3, 0.4) is 0 Å². The zero-order valence-electron chi connectivity index (χ0n) is 15.2. The van der Waals surface area contributed by atoms with Crippen molar-refractivity contribution < 1.29 is 23.5 Å². The van der Waals surface area contributed by atoms with Crippen LogP contribution in [0, 0.1) is 5.82 Å². The van der Waals surface area contributed by atoms with Gasteiger partial charge in [-0.05, 0) is 23.3 Å². The van der Waals surface area contributed by atoms with Crippen LogP contribution in [-0.2, 0) is 14.3 Å². The summed E-state index contributed by atoms with van der Waals surface area (Å²) < 4.78 is 24.4. The molecule has 0 atom stereocenters. The van der Waals surface area contributed by atoms with Crippen LogP contribution in [0.5, 0.6) is 0 Å². The van der Waals surface area contributed by atoms with E-state index >= 15 is 0 Å². The van der Waals surface area contributed by atoms with Gasteiger partial charge in [0.1, 0.15) is 16.6 Å². The maximum atomic E-state index is 14.6. The molecular formula is C21H17FO4S2. The van der Waals surface area contributed by atoms with Gasteiger partial charge in [0.15, 0.2) is 0 Å². The van der Waals surface area contributed by atoms with Crippen molar-refractivity contribution in [3.8, 4) is 22.3 Å². The molecule has 4 nitrogen and oxygen atoms in total. The third kappa shape index (κ3) is 4.43. The number of hydrogen-bond acceptors (Lipinski definition) is 6. The Labute approximate surface area is 170 Å². The summed E-state index contributed by atoms with van der Waals surface area (Å²) in [5, 5.41) is 1.87. The molecule has 0 N–H and O–H groups in total. The van der Waals surface area contributed by atoms with Crippen LogP contribution in [0.25, 0.3) is 22.3 Å². The maximum absolute atomic E-state index is 14.6. The molecule has 0 amide bonds. The summed E-state index contributed by atoms with van der Waals surface area (Å²) in [4.78, 5) is 23.9. The molecule has 1 aromatic heterocycles. The van der Waals surface area contributed by atoms with Gasteiger partial charge in [0.25, 0.3) is 0 Å². The number of hydrogen-bond donors (Lipinski definition) is 0. The van der Waals surface area contributed by atoms with Crippen molar-refractivity contribution in [2.24, 2.45) is 0 Å². The van der Waals surface area contributed by atoms with E-state index in [2.05, 4.69) is 0 Å².